The smallest absolute Gasteiger partial charge is 0.220 e. The predicted octanol–water partition coefficient (Wildman–Crippen LogP) is 1.83. The number of hydrogen-bond donors (Lipinski definition) is 2. The fraction of sp³-hybridized carbons (Fsp3) is 0.500. The summed E-state index contributed by atoms with van der Waals surface area (Å²) in [4.78, 5) is 11.6. The Balaban J connectivity index is 0.00000180. The SMILES string of the molecule is Cl.NCCCC(=O)NCC1CCOc2ccccc21. The number of nitrogens with two attached hydrogens (primary N) is 1. The Morgan fingerprint density at radius 3 is 3.00 bits per heavy atom. The van der Waals surface area contributed by atoms with E-state index in [1.807, 2.05) is 18.2 Å². The van der Waals surface area contributed by atoms with E-state index in [0.717, 1.165) is 25.2 Å². The molecule has 106 valence electrons. The Hall–Kier alpha value is -1.26. The molecule has 0 fully saturated rings. The molecule has 0 aliphatic carbocycles. The third-order valence-corrected chi connectivity index (χ3v) is 3.24. The molecule has 0 saturated heterocycles. The van der Waals surface area contributed by atoms with Crippen molar-refractivity contribution < 1.29 is 9.53 Å². The Kier molecular flexibility index (Phi) is 6.67. The maximum atomic E-state index is 11.6. The summed E-state index contributed by atoms with van der Waals surface area (Å²) in [7, 11) is 0. The van der Waals surface area contributed by atoms with Gasteiger partial charge in [-0.25, -0.2) is 0 Å². The second-order valence-electron chi connectivity index (χ2n) is 4.57. The highest BCUT2D eigenvalue weighted by molar-refractivity contribution is 5.85. The number of benzene rings is 1. The highest BCUT2D eigenvalue weighted by Gasteiger charge is 2.21. The molecule has 3 N–H and O–H groups in total. The van der Waals surface area contributed by atoms with E-state index >= 15 is 0 Å². The molecule has 4 nitrogen and oxygen atoms in total. The summed E-state index contributed by atoms with van der Waals surface area (Å²) >= 11 is 0. The molecule has 2 rings (SSSR count). The summed E-state index contributed by atoms with van der Waals surface area (Å²) < 4.78 is 5.60. The van der Waals surface area contributed by atoms with E-state index in [2.05, 4.69) is 11.4 Å². The molecule has 0 saturated carbocycles. The molecule has 1 amide bonds. The second-order valence-corrected chi connectivity index (χ2v) is 4.57. The van der Waals surface area contributed by atoms with Gasteiger partial charge >= 0.3 is 0 Å². The number of hydrogen-bond acceptors (Lipinski definition) is 3. The molecule has 1 aliphatic heterocycles. The van der Waals surface area contributed by atoms with Crippen LogP contribution in [0.5, 0.6) is 5.75 Å². The summed E-state index contributed by atoms with van der Waals surface area (Å²) in [5, 5.41) is 2.98. The Morgan fingerprint density at radius 2 is 2.21 bits per heavy atom. The Bertz CT molecular complexity index is 412. The van der Waals surface area contributed by atoms with Gasteiger partial charge in [-0.15, -0.1) is 12.4 Å². The molecule has 1 aliphatic rings. The van der Waals surface area contributed by atoms with Gasteiger partial charge in [-0.3, -0.25) is 4.79 Å². The largest absolute Gasteiger partial charge is 0.493 e. The molecular formula is C14H21ClN2O2. The predicted molar refractivity (Wildman–Crippen MR) is 77.8 cm³/mol. The average molecular weight is 285 g/mol. The summed E-state index contributed by atoms with van der Waals surface area (Å²) in [6.07, 6.45) is 2.21. The first kappa shape index (κ1) is 15.8. The van der Waals surface area contributed by atoms with Gasteiger partial charge in [0.2, 0.25) is 5.91 Å². The van der Waals surface area contributed by atoms with Gasteiger partial charge in [-0.2, -0.15) is 0 Å². The number of nitrogens with one attached hydrogen (secondary N) is 1. The lowest BCUT2D eigenvalue weighted by Gasteiger charge is -2.26. The molecule has 0 bridgehead atoms. The number of para-hydroxylation sites is 1. The molecular weight excluding hydrogens is 264 g/mol. The van der Waals surface area contributed by atoms with Crippen LogP contribution < -0.4 is 15.8 Å². The lowest BCUT2D eigenvalue weighted by Crippen LogP contribution is -2.30. The van der Waals surface area contributed by atoms with Crippen molar-refractivity contribution in [1.29, 1.82) is 0 Å². The summed E-state index contributed by atoms with van der Waals surface area (Å²) in [5.74, 6) is 1.39. The summed E-state index contributed by atoms with van der Waals surface area (Å²) in [5.41, 5.74) is 6.58. The zero-order valence-electron chi connectivity index (χ0n) is 10.9. The first-order valence-electron chi connectivity index (χ1n) is 6.49. The van der Waals surface area contributed by atoms with Gasteiger partial charge in [0, 0.05) is 18.9 Å². The van der Waals surface area contributed by atoms with Crippen LogP contribution in [0.4, 0.5) is 0 Å². The van der Waals surface area contributed by atoms with Gasteiger partial charge in [-0.1, -0.05) is 18.2 Å². The third kappa shape index (κ3) is 4.40. The number of ether oxygens (including phenoxy) is 1. The van der Waals surface area contributed by atoms with Crippen molar-refractivity contribution in [3.05, 3.63) is 29.8 Å². The topological polar surface area (TPSA) is 64.4 Å². The van der Waals surface area contributed by atoms with Crippen molar-refractivity contribution in [3.63, 3.8) is 0 Å². The van der Waals surface area contributed by atoms with Crippen LogP contribution in [0.25, 0.3) is 0 Å². The van der Waals surface area contributed by atoms with Crippen molar-refractivity contribution in [2.45, 2.75) is 25.2 Å². The molecule has 1 unspecified atom stereocenters. The van der Waals surface area contributed by atoms with Crippen LogP contribution in [-0.4, -0.2) is 25.6 Å². The third-order valence-electron chi connectivity index (χ3n) is 3.24. The first-order valence-corrected chi connectivity index (χ1v) is 6.49. The fourth-order valence-electron chi connectivity index (χ4n) is 2.22. The van der Waals surface area contributed by atoms with Crippen LogP contribution in [0.15, 0.2) is 24.3 Å². The molecule has 0 aromatic heterocycles. The quantitative estimate of drug-likeness (QED) is 0.867. The highest BCUT2D eigenvalue weighted by Crippen LogP contribution is 2.32. The van der Waals surface area contributed by atoms with Gasteiger partial charge in [0.1, 0.15) is 5.75 Å². The number of fused-ring (bicyclic) bond motifs is 1. The van der Waals surface area contributed by atoms with Crippen LogP contribution in [0.1, 0.15) is 30.7 Å². The van der Waals surface area contributed by atoms with Crippen molar-refractivity contribution in [2.75, 3.05) is 19.7 Å². The highest BCUT2D eigenvalue weighted by atomic mass is 35.5. The zero-order valence-corrected chi connectivity index (χ0v) is 11.7. The van der Waals surface area contributed by atoms with Gasteiger partial charge < -0.3 is 15.8 Å². The number of carbonyl (C=O) groups excluding carboxylic acids is 1. The summed E-state index contributed by atoms with van der Waals surface area (Å²) in [6.45, 7) is 1.97. The molecule has 1 aromatic rings. The standard InChI is InChI=1S/C14H20N2O2.ClH/c15-8-3-6-14(17)16-10-11-7-9-18-13-5-2-1-4-12(11)13;/h1-2,4-5,11H,3,6-10,15H2,(H,16,17);1H. The van der Waals surface area contributed by atoms with Gasteiger partial charge in [0.05, 0.1) is 6.61 Å². The van der Waals surface area contributed by atoms with E-state index in [-0.39, 0.29) is 18.3 Å². The van der Waals surface area contributed by atoms with Gasteiger partial charge in [-0.05, 0) is 31.0 Å². The zero-order chi connectivity index (χ0) is 12.8. The van der Waals surface area contributed by atoms with Gasteiger partial charge in [0.25, 0.3) is 0 Å². The van der Waals surface area contributed by atoms with E-state index < -0.39 is 0 Å². The maximum absolute atomic E-state index is 11.6. The van der Waals surface area contributed by atoms with Crippen LogP contribution in [-0.2, 0) is 4.79 Å². The molecule has 19 heavy (non-hydrogen) atoms. The van der Waals surface area contributed by atoms with E-state index in [0.29, 0.717) is 25.4 Å². The van der Waals surface area contributed by atoms with Gasteiger partial charge in [0.15, 0.2) is 0 Å². The second kappa shape index (κ2) is 8.02. The number of halogens is 1. The van der Waals surface area contributed by atoms with E-state index in [1.54, 1.807) is 0 Å². The lowest BCUT2D eigenvalue weighted by molar-refractivity contribution is -0.121. The monoisotopic (exact) mass is 284 g/mol. The van der Waals surface area contributed by atoms with Crippen LogP contribution in [0, 0.1) is 0 Å². The van der Waals surface area contributed by atoms with Crippen molar-refractivity contribution >= 4 is 18.3 Å². The minimum Gasteiger partial charge on any atom is -0.493 e. The van der Waals surface area contributed by atoms with E-state index in [9.17, 15) is 4.79 Å². The normalized spacial score (nSPS) is 16.8. The number of rotatable bonds is 5. The van der Waals surface area contributed by atoms with E-state index in [4.69, 9.17) is 10.5 Å². The fourth-order valence-corrected chi connectivity index (χ4v) is 2.22. The molecule has 0 radical (unpaired) electrons. The summed E-state index contributed by atoms with van der Waals surface area (Å²) in [6, 6.07) is 8.04. The number of amides is 1. The first-order chi connectivity index (χ1) is 8.81. The van der Waals surface area contributed by atoms with E-state index in [1.165, 1.54) is 5.56 Å². The molecule has 5 heteroatoms. The van der Waals surface area contributed by atoms with Crippen molar-refractivity contribution in [3.8, 4) is 5.75 Å². The van der Waals surface area contributed by atoms with Crippen molar-refractivity contribution in [1.82, 2.24) is 5.32 Å². The molecule has 1 heterocycles. The maximum Gasteiger partial charge on any atom is 0.220 e. The average Bonchev–Trinajstić information content (AvgIpc) is 2.42. The minimum absolute atomic E-state index is 0. The van der Waals surface area contributed by atoms with Crippen LogP contribution in [0.2, 0.25) is 0 Å². The number of carbonyl (C=O) groups is 1. The van der Waals surface area contributed by atoms with Crippen molar-refractivity contribution in [2.24, 2.45) is 5.73 Å². The lowest BCUT2D eigenvalue weighted by atomic mass is 9.93. The molecule has 1 aromatic carbocycles. The van der Waals surface area contributed by atoms with Crippen LogP contribution >= 0.6 is 12.4 Å². The molecule has 1 atom stereocenters. The molecule has 0 spiro atoms. The minimum atomic E-state index is 0. The Morgan fingerprint density at radius 1 is 1.42 bits per heavy atom. The Labute approximate surface area is 120 Å². The van der Waals surface area contributed by atoms with Crippen LogP contribution in [0.3, 0.4) is 0 Å².